The molecule has 0 radical (unpaired) electrons. The number of halogens is 4. The van der Waals surface area contributed by atoms with Crippen molar-refractivity contribution in [2.75, 3.05) is 13.1 Å². The molecule has 1 amide bonds. The number of amides is 1. The van der Waals surface area contributed by atoms with Crippen molar-refractivity contribution in [1.29, 1.82) is 0 Å². The lowest BCUT2D eigenvalue weighted by atomic mass is 10.1. The van der Waals surface area contributed by atoms with Crippen LogP contribution in [0.25, 0.3) is 10.4 Å². The molecule has 0 saturated heterocycles. The van der Waals surface area contributed by atoms with Gasteiger partial charge in [0.15, 0.2) is 0 Å². The van der Waals surface area contributed by atoms with E-state index in [4.69, 9.17) is 5.53 Å². The standard InChI is InChI=1S/C12H12BrF3N4O/c13-10-4-3-8(7-9(10)12(14,15)16)11(21)18-5-1-2-6-19-20-17/h3-4,7H,1-2,5-6H2,(H,18,21). The quantitative estimate of drug-likeness (QED) is 0.347. The number of hydrogen-bond donors (Lipinski definition) is 1. The number of benzene rings is 1. The van der Waals surface area contributed by atoms with Crippen LogP contribution in [0.3, 0.4) is 0 Å². The predicted molar refractivity (Wildman–Crippen MR) is 74.7 cm³/mol. The lowest BCUT2D eigenvalue weighted by Gasteiger charge is -2.11. The molecule has 0 spiro atoms. The van der Waals surface area contributed by atoms with Crippen molar-refractivity contribution in [2.45, 2.75) is 19.0 Å². The number of unbranched alkanes of at least 4 members (excludes halogenated alkanes) is 1. The number of rotatable bonds is 6. The minimum atomic E-state index is -4.52. The van der Waals surface area contributed by atoms with E-state index in [9.17, 15) is 18.0 Å². The highest BCUT2D eigenvalue weighted by molar-refractivity contribution is 9.10. The first-order chi connectivity index (χ1) is 9.86. The Balaban J connectivity index is 2.61. The third kappa shape index (κ3) is 5.65. The molecule has 0 heterocycles. The van der Waals surface area contributed by atoms with Crippen molar-refractivity contribution in [3.63, 3.8) is 0 Å². The summed E-state index contributed by atoms with van der Waals surface area (Å²) in [5, 5.41) is 5.85. The van der Waals surface area contributed by atoms with E-state index in [1.165, 1.54) is 12.1 Å². The molecule has 0 aliphatic carbocycles. The molecule has 1 rings (SSSR count). The summed E-state index contributed by atoms with van der Waals surface area (Å²) in [6, 6.07) is 3.31. The number of azide groups is 1. The number of hydrogen-bond acceptors (Lipinski definition) is 2. The average molecular weight is 365 g/mol. The molecule has 1 aromatic carbocycles. The number of carbonyl (C=O) groups is 1. The molecule has 0 fully saturated rings. The molecule has 0 saturated carbocycles. The normalized spacial score (nSPS) is 10.9. The third-order valence-corrected chi connectivity index (χ3v) is 3.26. The minimum absolute atomic E-state index is 0.0550. The summed E-state index contributed by atoms with van der Waals surface area (Å²) in [6.45, 7) is 0.625. The van der Waals surface area contributed by atoms with Gasteiger partial charge in [-0.25, -0.2) is 0 Å². The van der Waals surface area contributed by atoms with Gasteiger partial charge < -0.3 is 5.32 Å². The Hall–Kier alpha value is -1.73. The Morgan fingerprint density at radius 2 is 2.10 bits per heavy atom. The zero-order valence-corrected chi connectivity index (χ0v) is 12.4. The van der Waals surface area contributed by atoms with Gasteiger partial charge in [0.25, 0.3) is 5.91 Å². The summed E-state index contributed by atoms with van der Waals surface area (Å²) in [6.07, 6.45) is -3.35. The maximum absolute atomic E-state index is 12.7. The number of carbonyl (C=O) groups excluding carboxylic acids is 1. The van der Waals surface area contributed by atoms with E-state index in [1.54, 1.807) is 0 Å². The largest absolute Gasteiger partial charge is 0.417 e. The highest BCUT2D eigenvalue weighted by atomic mass is 79.9. The molecule has 0 bridgehead atoms. The van der Waals surface area contributed by atoms with Crippen molar-refractivity contribution >= 4 is 21.8 Å². The van der Waals surface area contributed by atoms with Crippen LogP contribution in [-0.4, -0.2) is 19.0 Å². The molecule has 21 heavy (non-hydrogen) atoms. The van der Waals surface area contributed by atoms with E-state index < -0.39 is 17.6 Å². The predicted octanol–water partition coefficient (Wildman–Crippen LogP) is 4.29. The van der Waals surface area contributed by atoms with Crippen LogP contribution >= 0.6 is 15.9 Å². The summed E-state index contributed by atoms with van der Waals surface area (Å²) >= 11 is 2.81. The van der Waals surface area contributed by atoms with Crippen LogP contribution in [0, 0.1) is 0 Å². The van der Waals surface area contributed by atoms with E-state index >= 15 is 0 Å². The van der Waals surface area contributed by atoms with E-state index in [2.05, 4.69) is 31.3 Å². The highest BCUT2D eigenvalue weighted by Crippen LogP contribution is 2.35. The average Bonchev–Trinajstić information content (AvgIpc) is 2.41. The van der Waals surface area contributed by atoms with Gasteiger partial charge in [-0.1, -0.05) is 21.0 Å². The maximum Gasteiger partial charge on any atom is 0.417 e. The fraction of sp³-hybridized carbons (Fsp3) is 0.417. The van der Waals surface area contributed by atoms with E-state index in [0.29, 0.717) is 25.9 Å². The second-order valence-electron chi connectivity index (χ2n) is 4.11. The first-order valence-corrected chi connectivity index (χ1v) is 6.81. The van der Waals surface area contributed by atoms with Crippen LogP contribution in [-0.2, 0) is 6.18 Å². The van der Waals surface area contributed by atoms with Gasteiger partial charge in [0, 0.05) is 28.0 Å². The van der Waals surface area contributed by atoms with Crippen LogP contribution in [0.1, 0.15) is 28.8 Å². The van der Waals surface area contributed by atoms with Gasteiger partial charge in [0.1, 0.15) is 0 Å². The van der Waals surface area contributed by atoms with Gasteiger partial charge in [0.2, 0.25) is 0 Å². The van der Waals surface area contributed by atoms with Gasteiger partial charge in [-0.15, -0.1) is 0 Å². The molecular weight excluding hydrogens is 353 g/mol. The van der Waals surface area contributed by atoms with Crippen LogP contribution in [0.5, 0.6) is 0 Å². The van der Waals surface area contributed by atoms with Gasteiger partial charge >= 0.3 is 6.18 Å². The molecule has 0 atom stereocenters. The number of alkyl halides is 3. The number of nitrogens with zero attached hydrogens (tertiary/aromatic N) is 3. The monoisotopic (exact) mass is 364 g/mol. The maximum atomic E-state index is 12.7. The Morgan fingerprint density at radius 3 is 2.71 bits per heavy atom. The van der Waals surface area contributed by atoms with E-state index in [-0.39, 0.29) is 10.0 Å². The van der Waals surface area contributed by atoms with Crippen molar-refractivity contribution in [3.05, 3.63) is 44.2 Å². The number of nitrogens with one attached hydrogen (secondary N) is 1. The lowest BCUT2D eigenvalue weighted by Crippen LogP contribution is -2.25. The van der Waals surface area contributed by atoms with E-state index in [1.807, 2.05) is 0 Å². The molecular formula is C12H12BrF3N4O. The summed E-state index contributed by atoms with van der Waals surface area (Å²) in [7, 11) is 0. The van der Waals surface area contributed by atoms with Crippen molar-refractivity contribution in [3.8, 4) is 0 Å². The highest BCUT2D eigenvalue weighted by Gasteiger charge is 2.33. The zero-order valence-electron chi connectivity index (χ0n) is 10.8. The van der Waals surface area contributed by atoms with E-state index in [0.717, 1.165) is 6.07 Å². The molecule has 0 unspecified atom stereocenters. The molecule has 114 valence electrons. The third-order valence-electron chi connectivity index (χ3n) is 2.57. The van der Waals surface area contributed by atoms with Gasteiger partial charge in [0.05, 0.1) is 5.56 Å². The summed E-state index contributed by atoms with van der Waals surface area (Å²) < 4.78 is 38.0. The Bertz CT molecular complexity index is 556. The molecule has 1 N–H and O–H groups in total. The van der Waals surface area contributed by atoms with Crippen LogP contribution in [0.2, 0.25) is 0 Å². The van der Waals surface area contributed by atoms with Crippen molar-refractivity contribution < 1.29 is 18.0 Å². The Kier molecular flexibility index (Phi) is 6.51. The molecule has 5 nitrogen and oxygen atoms in total. The SMILES string of the molecule is [N-]=[N+]=NCCCCNC(=O)c1ccc(Br)c(C(F)(F)F)c1. The van der Waals surface area contributed by atoms with Crippen LogP contribution in [0.15, 0.2) is 27.8 Å². The van der Waals surface area contributed by atoms with Gasteiger partial charge in [-0.2, -0.15) is 13.2 Å². The molecule has 0 aromatic heterocycles. The smallest absolute Gasteiger partial charge is 0.352 e. The fourth-order valence-electron chi connectivity index (χ4n) is 1.54. The lowest BCUT2D eigenvalue weighted by molar-refractivity contribution is -0.138. The molecule has 0 aliphatic rings. The fourth-order valence-corrected chi connectivity index (χ4v) is 2.01. The first-order valence-electron chi connectivity index (χ1n) is 6.02. The molecule has 0 aliphatic heterocycles. The van der Waals surface area contributed by atoms with Gasteiger partial charge in [-0.3, -0.25) is 4.79 Å². The van der Waals surface area contributed by atoms with Crippen molar-refractivity contribution in [1.82, 2.24) is 5.32 Å². The molecule has 1 aromatic rings. The zero-order chi connectivity index (χ0) is 15.9. The second-order valence-corrected chi connectivity index (χ2v) is 4.96. The topological polar surface area (TPSA) is 77.9 Å². The van der Waals surface area contributed by atoms with Gasteiger partial charge in [-0.05, 0) is 36.6 Å². The van der Waals surface area contributed by atoms with Crippen molar-refractivity contribution in [2.24, 2.45) is 5.11 Å². The Morgan fingerprint density at radius 1 is 1.38 bits per heavy atom. The summed E-state index contributed by atoms with van der Waals surface area (Å²) in [4.78, 5) is 14.3. The summed E-state index contributed by atoms with van der Waals surface area (Å²) in [5.74, 6) is -0.572. The second kappa shape index (κ2) is 7.90. The van der Waals surface area contributed by atoms with Crippen LogP contribution in [0.4, 0.5) is 13.2 Å². The Labute approximate surface area is 127 Å². The molecule has 9 heteroatoms. The summed E-state index contributed by atoms with van der Waals surface area (Å²) in [5.41, 5.74) is 7.12. The minimum Gasteiger partial charge on any atom is -0.352 e. The first kappa shape index (κ1) is 17.3. The van der Waals surface area contributed by atoms with Crippen LogP contribution < -0.4 is 5.32 Å².